The summed E-state index contributed by atoms with van der Waals surface area (Å²) in [6.07, 6.45) is 4.27. The van der Waals surface area contributed by atoms with Crippen LogP contribution in [0.3, 0.4) is 0 Å². The Morgan fingerprint density at radius 3 is 2.72 bits per heavy atom. The number of rotatable bonds is 6. The van der Waals surface area contributed by atoms with Gasteiger partial charge in [0.15, 0.2) is 0 Å². The number of aromatic nitrogens is 2. The molecule has 3 heterocycles. The van der Waals surface area contributed by atoms with Gasteiger partial charge in [-0.2, -0.15) is 9.29 Å². The first kappa shape index (κ1) is 18.3. The van der Waals surface area contributed by atoms with Gasteiger partial charge in [-0.15, -0.1) is 0 Å². The van der Waals surface area contributed by atoms with E-state index in [2.05, 4.69) is 27.1 Å². The van der Waals surface area contributed by atoms with Crippen molar-refractivity contribution in [2.45, 2.75) is 32.3 Å². The first-order valence-electron chi connectivity index (χ1n) is 8.89. The van der Waals surface area contributed by atoms with Crippen molar-refractivity contribution in [3.8, 4) is 0 Å². The van der Waals surface area contributed by atoms with Gasteiger partial charge < -0.3 is 15.0 Å². The predicted octanol–water partition coefficient (Wildman–Crippen LogP) is 0.712. The molecule has 0 spiro atoms. The maximum absolute atomic E-state index is 11.7. The first-order valence-corrected chi connectivity index (χ1v) is 10.7. The normalized spacial score (nSPS) is 22.3. The van der Waals surface area contributed by atoms with Gasteiger partial charge in [0.2, 0.25) is 16.0 Å². The molecule has 0 aliphatic carbocycles. The standard InChI is InChI=1S/C16H27N5O3S/c1-3-13-10-15(19-16(18-13)20-6-4-5-7-20)17-11-14-12-21(8-9-24-14)25(2,22)23/h10,14H,3-9,11-12H2,1-2H3,(H,17,18,19). The highest BCUT2D eigenvalue weighted by Crippen LogP contribution is 2.19. The number of nitrogens with zero attached hydrogens (tertiary/aromatic N) is 4. The van der Waals surface area contributed by atoms with E-state index in [1.807, 2.05) is 6.07 Å². The van der Waals surface area contributed by atoms with Gasteiger partial charge in [0.1, 0.15) is 5.82 Å². The Labute approximate surface area is 149 Å². The summed E-state index contributed by atoms with van der Waals surface area (Å²) in [6.45, 7) is 5.81. The van der Waals surface area contributed by atoms with Crippen molar-refractivity contribution >= 4 is 21.8 Å². The van der Waals surface area contributed by atoms with Crippen LogP contribution in [-0.4, -0.2) is 74.4 Å². The molecule has 0 amide bonds. The molecule has 0 saturated carbocycles. The number of hydrogen-bond donors (Lipinski definition) is 1. The fourth-order valence-corrected chi connectivity index (χ4v) is 3.99. The lowest BCUT2D eigenvalue weighted by molar-refractivity contribution is 0.00700. The van der Waals surface area contributed by atoms with Crippen LogP contribution in [0.5, 0.6) is 0 Å². The smallest absolute Gasteiger partial charge is 0.227 e. The van der Waals surface area contributed by atoms with Crippen LogP contribution in [0.15, 0.2) is 6.07 Å². The molecule has 9 heteroatoms. The van der Waals surface area contributed by atoms with Crippen LogP contribution < -0.4 is 10.2 Å². The molecule has 2 aliphatic rings. The van der Waals surface area contributed by atoms with Crippen molar-refractivity contribution in [3.05, 3.63) is 11.8 Å². The minimum atomic E-state index is -3.18. The predicted molar refractivity (Wildman–Crippen MR) is 97.5 cm³/mol. The summed E-state index contributed by atoms with van der Waals surface area (Å²) in [5, 5.41) is 3.30. The quantitative estimate of drug-likeness (QED) is 0.790. The Kier molecular flexibility index (Phi) is 5.75. The zero-order chi connectivity index (χ0) is 17.9. The average molecular weight is 369 g/mol. The van der Waals surface area contributed by atoms with Crippen molar-refractivity contribution in [3.63, 3.8) is 0 Å². The van der Waals surface area contributed by atoms with Gasteiger partial charge in [-0.3, -0.25) is 0 Å². The fourth-order valence-electron chi connectivity index (χ4n) is 3.15. The lowest BCUT2D eigenvalue weighted by atomic mass is 10.3. The third-order valence-corrected chi connectivity index (χ3v) is 5.87. The summed E-state index contributed by atoms with van der Waals surface area (Å²) in [7, 11) is -3.18. The average Bonchev–Trinajstić information content (AvgIpc) is 3.14. The van der Waals surface area contributed by atoms with Crippen LogP contribution in [-0.2, 0) is 21.2 Å². The molecule has 140 valence electrons. The maximum atomic E-state index is 11.7. The van der Waals surface area contributed by atoms with E-state index in [0.29, 0.717) is 26.2 Å². The molecular formula is C16H27N5O3S. The summed E-state index contributed by atoms with van der Waals surface area (Å²) in [6, 6.07) is 1.96. The van der Waals surface area contributed by atoms with E-state index in [1.54, 1.807) is 0 Å². The van der Waals surface area contributed by atoms with E-state index >= 15 is 0 Å². The molecule has 1 unspecified atom stereocenters. The SMILES string of the molecule is CCc1cc(NCC2CN(S(C)(=O)=O)CCO2)nc(N2CCCC2)n1. The van der Waals surface area contributed by atoms with Crippen LogP contribution >= 0.6 is 0 Å². The summed E-state index contributed by atoms with van der Waals surface area (Å²) in [5.41, 5.74) is 1.00. The van der Waals surface area contributed by atoms with E-state index < -0.39 is 10.0 Å². The number of sulfonamides is 1. The molecule has 8 nitrogen and oxygen atoms in total. The molecule has 1 aromatic heterocycles. The minimum absolute atomic E-state index is 0.182. The number of aryl methyl sites for hydroxylation is 1. The van der Waals surface area contributed by atoms with Crippen molar-refractivity contribution in [2.75, 3.05) is 55.8 Å². The zero-order valence-corrected chi connectivity index (χ0v) is 15.8. The van der Waals surface area contributed by atoms with E-state index in [9.17, 15) is 8.42 Å². The summed E-state index contributed by atoms with van der Waals surface area (Å²) in [5.74, 6) is 1.55. The van der Waals surface area contributed by atoms with Gasteiger partial charge in [-0.25, -0.2) is 13.4 Å². The third kappa shape index (κ3) is 4.80. The van der Waals surface area contributed by atoms with E-state index in [1.165, 1.54) is 23.4 Å². The molecule has 0 radical (unpaired) electrons. The highest BCUT2D eigenvalue weighted by molar-refractivity contribution is 7.88. The number of anilines is 2. The molecule has 1 N–H and O–H groups in total. The lowest BCUT2D eigenvalue weighted by Crippen LogP contribution is -2.47. The summed E-state index contributed by atoms with van der Waals surface area (Å²) in [4.78, 5) is 11.5. The summed E-state index contributed by atoms with van der Waals surface area (Å²) >= 11 is 0. The van der Waals surface area contributed by atoms with Crippen molar-refractivity contribution in [2.24, 2.45) is 0 Å². The number of ether oxygens (including phenoxy) is 1. The molecule has 2 saturated heterocycles. The van der Waals surface area contributed by atoms with Crippen LogP contribution in [0.25, 0.3) is 0 Å². The third-order valence-electron chi connectivity index (χ3n) is 4.60. The van der Waals surface area contributed by atoms with Gasteiger partial charge in [0, 0.05) is 44.5 Å². The second kappa shape index (κ2) is 7.84. The van der Waals surface area contributed by atoms with Crippen molar-refractivity contribution in [1.29, 1.82) is 0 Å². The van der Waals surface area contributed by atoms with Crippen LogP contribution in [0.4, 0.5) is 11.8 Å². The molecule has 1 atom stereocenters. The molecule has 2 aliphatic heterocycles. The lowest BCUT2D eigenvalue weighted by Gasteiger charge is -2.31. The maximum Gasteiger partial charge on any atom is 0.227 e. The van der Waals surface area contributed by atoms with E-state index in [0.717, 1.165) is 37.0 Å². The Balaban J connectivity index is 1.65. The summed E-state index contributed by atoms with van der Waals surface area (Å²) < 4.78 is 30.6. The van der Waals surface area contributed by atoms with Gasteiger partial charge in [0.25, 0.3) is 0 Å². The topological polar surface area (TPSA) is 87.7 Å². The van der Waals surface area contributed by atoms with E-state index in [4.69, 9.17) is 4.74 Å². The largest absolute Gasteiger partial charge is 0.374 e. The number of morpholine rings is 1. The Morgan fingerprint density at radius 1 is 1.28 bits per heavy atom. The second-order valence-electron chi connectivity index (χ2n) is 6.59. The van der Waals surface area contributed by atoms with Gasteiger partial charge in [-0.05, 0) is 19.3 Å². The van der Waals surface area contributed by atoms with Crippen LogP contribution in [0.1, 0.15) is 25.5 Å². The molecule has 3 rings (SSSR count). The number of nitrogens with one attached hydrogen (secondary N) is 1. The second-order valence-corrected chi connectivity index (χ2v) is 8.57. The van der Waals surface area contributed by atoms with E-state index in [-0.39, 0.29) is 6.10 Å². The number of hydrogen-bond acceptors (Lipinski definition) is 7. The fraction of sp³-hybridized carbons (Fsp3) is 0.750. The van der Waals surface area contributed by atoms with Gasteiger partial charge in [0.05, 0.1) is 19.0 Å². The molecule has 1 aromatic rings. The van der Waals surface area contributed by atoms with Crippen molar-refractivity contribution < 1.29 is 13.2 Å². The first-order chi connectivity index (χ1) is 12.0. The molecule has 2 fully saturated rings. The minimum Gasteiger partial charge on any atom is -0.374 e. The highest BCUT2D eigenvalue weighted by Gasteiger charge is 2.26. The van der Waals surface area contributed by atoms with Crippen LogP contribution in [0, 0.1) is 0 Å². The van der Waals surface area contributed by atoms with Crippen molar-refractivity contribution in [1.82, 2.24) is 14.3 Å². The zero-order valence-electron chi connectivity index (χ0n) is 14.9. The Bertz CT molecular complexity index is 691. The molecule has 25 heavy (non-hydrogen) atoms. The molecular weight excluding hydrogens is 342 g/mol. The van der Waals surface area contributed by atoms with Gasteiger partial charge in [-0.1, -0.05) is 6.92 Å². The highest BCUT2D eigenvalue weighted by atomic mass is 32.2. The monoisotopic (exact) mass is 369 g/mol. The Morgan fingerprint density at radius 2 is 2.04 bits per heavy atom. The molecule has 0 aromatic carbocycles. The molecule has 0 bridgehead atoms. The van der Waals surface area contributed by atoms with Crippen LogP contribution in [0.2, 0.25) is 0 Å². The Hall–Kier alpha value is -1.45. The van der Waals surface area contributed by atoms with Gasteiger partial charge >= 0.3 is 0 Å².